The predicted octanol–water partition coefficient (Wildman–Crippen LogP) is 3.57. The molecule has 1 aliphatic rings. The molecule has 2 aromatic carbocycles. The highest BCUT2D eigenvalue weighted by atomic mass is 32.2. The molecule has 30 heavy (non-hydrogen) atoms. The molecule has 1 amide bonds. The van der Waals surface area contributed by atoms with E-state index in [1.54, 1.807) is 15.4 Å². The molecule has 0 saturated heterocycles. The molecule has 150 valence electrons. The molecular formula is C22H19N5O2S. The van der Waals surface area contributed by atoms with Gasteiger partial charge in [-0.15, -0.1) is 0 Å². The van der Waals surface area contributed by atoms with Crippen LogP contribution in [0.1, 0.15) is 18.0 Å². The SMILES string of the molecule is Cc1ccc(NC(=O)CC2CSc3nc4c(cnn4-c4ccccc4)c(=O)n32)cc1. The Balaban J connectivity index is 1.44. The number of aromatic nitrogens is 4. The molecular weight excluding hydrogens is 398 g/mol. The van der Waals surface area contributed by atoms with Gasteiger partial charge in [0, 0.05) is 17.9 Å². The number of aryl methyl sites for hydroxylation is 1. The maximum Gasteiger partial charge on any atom is 0.265 e. The van der Waals surface area contributed by atoms with Crippen molar-refractivity contribution in [3.8, 4) is 5.69 Å². The fourth-order valence-corrected chi connectivity index (χ4v) is 4.73. The van der Waals surface area contributed by atoms with Crippen LogP contribution in [0, 0.1) is 6.92 Å². The van der Waals surface area contributed by atoms with Gasteiger partial charge in [-0.2, -0.15) is 5.10 Å². The highest BCUT2D eigenvalue weighted by Crippen LogP contribution is 2.33. The van der Waals surface area contributed by atoms with Gasteiger partial charge in [-0.05, 0) is 31.2 Å². The molecule has 4 aromatic rings. The van der Waals surface area contributed by atoms with Gasteiger partial charge < -0.3 is 5.32 Å². The third-order valence-electron chi connectivity index (χ3n) is 5.13. The molecule has 0 spiro atoms. The molecule has 0 fully saturated rings. The van der Waals surface area contributed by atoms with Crippen LogP contribution < -0.4 is 10.9 Å². The smallest absolute Gasteiger partial charge is 0.265 e. The van der Waals surface area contributed by atoms with E-state index in [1.807, 2.05) is 61.5 Å². The molecule has 2 aromatic heterocycles. The Hall–Kier alpha value is -3.39. The van der Waals surface area contributed by atoms with E-state index >= 15 is 0 Å². The van der Waals surface area contributed by atoms with Crippen molar-refractivity contribution in [2.45, 2.75) is 24.5 Å². The van der Waals surface area contributed by atoms with Crippen LogP contribution in [0.25, 0.3) is 16.7 Å². The lowest BCUT2D eigenvalue weighted by Crippen LogP contribution is -2.27. The van der Waals surface area contributed by atoms with Gasteiger partial charge in [0.25, 0.3) is 5.56 Å². The van der Waals surface area contributed by atoms with E-state index < -0.39 is 0 Å². The first-order valence-electron chi connectivity index (χ1n) is 9.65. The average Bonchev–Trinajstić information content (AvgIpc) is 3.35. The summed E-state index contributed by atoms with van der Waals surface area (Å²) in [6, 6.07) is 17.0. The molecule has 5 rings (SSSR count). The van der Waals surface area contributed by atoms with Gasteiger partial charge in [-0.3, -0.25) is 14.2 Å². The van der Waals surface area contributed by atoms with Crippen LogP contribution >= 0.6 is 11.8 Å². The predicted molar refractivity (Wildman–Crippen MR) is 117 cm³/mol. The number of nitrogens with one attached hydrogen (secondary N) is 1. The molecule has 1 N–H and O–H groups in total. The number of hydrogen-bond acceptors (Lipinski definition) is 5. The van der Waals surface area contributed by atoms with E-state index in [-0.39, 0.29) is 23.9 Å². The topological polar surface area (TPSA) is 81.8 Å². The molecule has 0 bridgehead atoms. The number of carbonyl (C=O) groups is 1. The van der Waals surface area contributed by atoms with Crippen molar-refractivity contribution < 1.29 is 4.79 Å². The number of benzene rings is 2. The monoisotopic (exact) mass is 417 g/mol. The van der Waals surface area contributed by atoms with Gasteiger partial charge in [-0.25, -0.2) is 9.67 Å². The number of amides is 1. The van der Waals surface area contributed by atoms with Crippen LogP contribution in [0.5, 0.6) is 0 Å². The Morgan fingerprint density at radius 1 is 1.17 bits per heavy atom. The summed E-state index contributed by atoms with van der Waals surface area (Å²) in [6.07, 6.45) is 1.77. The van der Waals surface area contributed by atoms with Gasteiger partial charge in [0.2, 0.25) is 5.91 Å². The second kappa shape index (κ2) is 7.46. The zero-order valence-corrected chi connectivity index (χ0v) is 17.1. The first kappa shape index (κ1) is 18.6. The maximum absolute atomic E-state index is 13.2. The van der Waals surface area contributed by atoms with Crippen LogP contribution in [0.15, 0.2) is 70.7 Å². The summed E-state index contributed by atoms with van der Waals surface area (Å²) in [5.74, 6) is 0.513. The lowest BCUT2D eigenvalue weighted by atomic mass is 10.2. The van der Waals surface area contributed by atoms with E-state index in [0.717, 1.165) is 16.9 Å². The third-order valence-corrected chi connectivity index (χ3v) is 6.23. The van der Waals surface area contributed by atoms with E-state index in [1.165, 1.54) is 11.8 Å². The number of anilines is 1. The van der Waals surface area contributed by atoms with Crippen molar-refractivity contribution in [2.75, 3.05) is 11.1 Å². The summed E-state index contributed by atoms with van der Waals surface area (Å²) in [5.41, 5.74) is 3.11. The highest BCUT2D eigenvalue weighted by molar-refractivity contribution is 7.99. The second-order valence-electron chi connectivity index (χ2n) is 7.28. The summed E-state index contributed by atoms with van der Waals surface area (Å²) < 4.78 is 3.31. The van der Waals surface area contributed by atoms with Crippen molar-refractivity contribution in [2.24, 2.45) is 0 Å². The fraction of sp³-hybridized carbons (Fsp3) is 0.182. The van der Waals surface area contributed by atoms with Gasteiger partial charge in [-0.1, -0.05) is 47.7 Å². The molecule has 0 radical (unpaired) electrons. The summed E-state index contributed by atoms with van der Waals surface area (Å²) in [5, 5.41) is 8.35. The number of para-hydroxylation sites is 1. The Morgan fingerprint density at radius 3 is 2.70 bits per heavy atom. The van der Waals surface area contributed by atoms with Crippen LogP contribution in [0.2, 0.25) is 0 Å². The first-order valence-corrected chi connectivity index (χ1v) is 10.6. The quantitative estimate of drug-likeness (QED) is 0.514. The highest BCUT2D eigenvalue weighted by Gasteiger charge is 2.29. The Morgan fingerprint density at radius 2 is 1.93 bits per heavy atom. The number of rotatable bonds is 4. The molecule has 1 unspecified atom stereocenters. The van der Waals surface area contributed by atoms with Crippen LogP contribution in [-0.4, -0.2) is 31.0 Å². The minimum Gasteiger partial charge on any atom is -0.326 e. The van der Waals surface area contributed by atoms with Crippen LogP contribution in [-0.2, 0) is 4.79 Å². The number of thioether (sulfide) groups is 1. The normalized spacial score (nSPS) is 15.3. The van der Waals surface area contributed by atoms with Crippen molar-refractivity contribution in [3.05, 3.63) is 76.7 Å². The lowest BCUT2D eigenvalue weighted by molar-refractivity contribution is -0.116. The van der Waals surface area contributed by atoms with Crippen LogP contribution in [0.4, 0.5) is 5.69 Å². The van der Waals surface area contributed by atoms with Crippen molar-refractivity contribution in [3.63, 3.8) is 0 Å². The minimum atomic E-state index is -0.236. The molecule has 1 atom stereocenters. The van der Waals surface area contributed by atoms with Crippen molar-refractivity contribution in [1.29, 1.82) is 0 Å². The van der Waals surface area contributed by atoms with Crippen LogP contribution in [0.3, 0.4) is 0 Å². The summed E-state index contributed by atoms with van der Waals surface area (Å²) >= 11 is 1.49. The zero-order valence-electron chi connectivity index (χ0n) is 16.3. The Bertz CT molecular complexity index is 1300. The van der Waals surface area contributed by atoms with Crippen molar-refractivity contribution in [1.82, 2.24) is 19.3 Å². The largest absolute Gasteiger partial charge is 0.326 e. The maximum atomic E-state index is 13.2. The molecule has 8 heteroatoms. The standard InChI is InChI=1S/C22H19N5O2S/c1-14-7-9-15(10-8-14)24-19(28)11-17-13-30-22-25-20-18(21(29)26(17)22)12-23-27(20)16-5-3-2-4-6-16/h2-10,12,17H,11,13H2,1H3,(H,24,28). The fourth-order valence-electron chi connectivity index (χ4n) is 3.60. The Labute approximate surface area is 176 Å². The lowest BCUT2D eigenvalue weighted by Gasteiger charge is -2.13. The average molecular weight is 417 g/mol. The summed E-state index contributed by atoms with van der Waals surface area (Å²) in [4.78, 5) is 30.4. The number of carbonyl (C=O) groups excluding carboxylic acids is 1. The summed E-state index contributed by atoms with van der Waals surface area (Å²) in [7, 11) is 0. The van der Waals surface area contributed by atoms with Gasteiger partial charge >= 0.3 is 0 Å². The van der Waals surface area contributed by atoms with E-state index in [0.29, 0.717) is 21.9 Å². The Kier molecular flexibility index (Phi) is 4.63. The number of fused-ring (bicyclic) bond motifs is 2. The summed E-state index contributed by atoms with van der Waals surface area (Å²) in [6.45, 7) is 2.00. The molecule has 7 nitrogen and oxygen atoms in total. The van der Waals surface area contributed by atoms with E-state index in [2.05, 4.69) is 10.4 Å². The first-order chi connectivity index (χ1) is 14.6. The minimum absolute atomic E-state index is 0.121. The van der Waals surface area contributed by atoms with Crippen molar-refractivity contribution >= 4 is 34.4 Å². The zero-order chi connectivity index (χ0) is 20.7. The third kappa shape index (κ3) is 3.29. The van der Waals surface area contributed by atoms with E-state index in [4.69, 9.17) is 4.98 Å². The molecule has 1 aliphatic heterocycles. The number of nitrogens with zero attached hydrogens (tertiary/aromatic N) is 4. The van der Waals surface area contributed by atoms with Gasteiger partial charge in [0.05, 0.1) is 17.9 Å². The van der Waals surface area contributed by atoms with E-state index in [9.17, 15) is 9.59 Å². The van der Waals surface area contributed by atoms with Gasteiger partial charge in [0.1, 0.15) is 5.39 Å². The van der Waals surface area contributed by atoms with Gasteiger partial charge in [0.15, 0.2) is 10.8 Å². The molecule has 3 heterocycles. The molecule has 0 saturated carbocycles. The number of hydrogen-bond donors (Lipinski definition) is 1. The second-order valence-corrected chi connectivity index (χ2v) is 8.27. The molecule has 0 aliphatic carbocycles.